The van der Waals surface area contributed by atoms with E-state index >= 15 is 0 Å². The molecule has 0 aliphatic heterocycles. The molecule has 0 bridgehead atoms. The van der Waals surface area contributed by atoms with Crippen molar-refractivity contribution in [1.82, 2.24) is 0 Å². The Morgan fingerprint density at radius 1 is 0.818 bits per heavy atom. The highest BCUT2D eigenvalue weighted by molar-refractivity contribution is 5.50. The molecule has 0 saturated carbocycles. The topological polar surface area (TPSA) is 153 Å². The summed E-state index contributed by atoms with van der Waals surface area (Å²) >= 11 is 0. The summed E-state index contributed by atoms with van der Waals surface area (Å²) in [7, 11) is 0. The van der Waals surface area contributed by atoms with Crippen LogP contribution in [0, 0.1) is 20.2 Å². The number of nitro benzene ring substituents is 2. The molecule has 1 aromatic carbocycles. The maximum absolute atomic E-state index is 11.3. The average molecular weight is 468 g/mol. The van der Waals surface area contributed by atoms with E-state index in [1.54, 1.807) is 0 Å². The molecule has 4 N–H and O–H groups in total. The SMILES string of the molecule is CCCCCCCCCCCCCCC[C@@H](O)[C@H](N)C(O)c1ccc([N+](=O)[O-])cc1[N+](=O)[O-]. The van der Waals surface area contributed by atoms with Crippen LogP contribution in [0.15, 0.2) is 18.2 Å². The van der Waals surface area contributed by atoms with E-state index in [9.17, 15) is 30.4 Å². The van der Waals surface area contributed by atoms with Crippen LogP contribution in [0.2, 0.25) is 0 Å². The van der Waals surface area contributed by atoms with E-state index in [0.29, 0.717) is 6.42 Å². The van der Waals surface area contributed by atoms with Crippen molar-refractivity contribution in [1.29, 1.82) is 0 Å². The molecule has 33 heavy (non-hydrogen) atoms. The molecule has 9 nitrogen and oxygen atoms in total. The second-order valence-corrected chi connectivity index (χ2v) is 8.88. The first kappa shape index (κ1) is 28.9. The lowest BCUT2D eigenvalue weighted by atomic mass is 9.94. The van der Waals surface area contributed by atoms with Crippen LogP contribution in [0.4, 0.5) is 11.4 Å². The van der Waals surface area contributed by atoms with Crippen LogP contribution in [-0.4, -0.2) is 32.2 Å². The summed E-state index contributed by atoms with van der Waals surface area (Å²) in [4.78, 5) is 20.6. The van der Waals surface area contributed by atoms with Gasteiger partial charge in [-0.3, -0.25) is 20.2 Å². The van der Waals surface area contributed by atoms with E-state index in [1.807, 2.05) is 0 Å². The first-order valence-corrected chi connectivity index (χ1v) is 12.3. The normalized spacial score (nSPS) is 14.1. The predicted octanol–water partition coefficient (Wildman–Crippen LogP) is 5.71. The number of benzene rings is 1. The Balaban J connectivity index is 2.29. The van der Waals surface area contributed by atoms with E-state index < -0.39 is 39.5 Å². The Morgan fingerprint density at radius 3 is 1.76 bits per heavy atom. The van der Waals surface area contributed by atoms with Gasteiger partial charge < -0.3 is 15.9 Å². The van der Waals surface area contributed by atoms with Crippen LogP contribution < -0.4 is 5.73 Å². The van der Waals surface area contributed by atoms with Crippen LogP contribution in [0.5, 0.6) is 0 Å². The van der Waals surface area contributed by atoms with Gasteiger partial charge in [0.2, 0.25) is 0 Å². The summed E-state index contributed by atoms with van der Waals surface area (Å²) in [6.07, 6.45) is 13.6. The van der Waals surface area contributed by atoms with Gasteiger partial charge in [0, 0.05) is 6.07 Å². The minimum Gasteiger partial charge on any atom is -0.391 e. The molecular weight excluding hydrogens is 426 g/mol. The van der Waals surface area contributed by atoms with Crippen molar-refractivity contribution >= 4 is 11.4 Å². The molecule has 0 spiro atoms. The van der Waals surface area contributed by atoms with Crippen LogP contribution in [0.3, 0.4) is 0 Å². The lowest BCUT2D eigenvalue weighted by Crippen LogP contribution is -2.40. The summed E-state index contributed by atoms with van der Waals surface area (Å²) in [6.45, 7) is 2.23. The Hall–Kier alpha value is -2.10. The van der Waals surface area contributed by atoms with E-state index in [1.165, 1.54) is 57.8 Å². The average Bonchev–Trinajstić information content (AvgIpc) is 2.80. The third-order valence-electron chi connectivity index (χ3n) is 6.15. The molecule has 0 aliphatic carbocycles. The van der Waals surface area contributed by atoms with E-state index in [0.717, 1.165) is 43.9 Å². The second kappa shape index (κ2) is 16.5. The number of aliphatic hydroxyl groups is 2. The Kier molecular flexibility index (Phi) is 14.5. The van der Waals surface area contributed by atoms with Gasteiger partial charge in [-0.15, -0.1) is 0 Å². The third kappa shape index (κ3) is 11.0. The predicted molar refractivity (Wildman–Crippen MR) is 129 cm³/mol. The number of nitrogens with two attached hydrogens (primary N) is 1. The van der Waals surface area contributed by atoms with Crippen LogP contribution >= 0.6 is 0 Å². The Labute approximate surface area is 196 Å². The zero-order chi connectivity index (χ0) is 24.6. The number of hydrogen-bond acceptors (Lipinski definition) is 7. The van der Waals surface area contributed by atoms with Gasteiger partial charge in [-0.1, -0.05) is 90.4 Å². The highest BCUT2D eigenvalue weighted by Gasteiger charge is 2.31. The number of nitro groups is 2. The van der Waals surface area contributed by atoms with Gasteiger partial charge >= 0.3 is 0 Å². The smallest absolute Gasteiger partial charge is 0.282 e. The lowest BCUT2D eigenvalue weighted by Gasteiger charge is -2.24. The maximum Gasteiger partial charge on any atom is 0.282 e. The molecule has 0 fully saturated rings. The third-order valence-corrected chi connectivity index (χ3v) is 6.15. The number of hydrogen-bond donors (Lipinski definition) is 3. The molecule has 1 unspecified atom stereocenters. The lowest BCUT2D eigenvalue weighted by molar-refractivity contribution is -0.395. The van der Waals surface area contributed by atoms with Crippen molar-refractivity contribution in [3.63, 3.8) is 0 Å². The van der Waals surface area contributed by atoms with Gasteiger partial charge in [0.15, 0.2) is 0 Å². The summed E-state index contributed by atoms with van der Waals surface area (Å²) in [5, 5.41) is 42.9. The second-order valence-electron chi connectivity index (χ2n) is 8.88. The first-order chi connectivity index (χ1) is 15.8. The number of aliphatic hydroxyl groups excluding tert-OH is 2. The molecule has 188 valence electrons. The molecule has 1 aromatic rings. The van der Waals surface area contributed by atoms with E-state index in [-0.39, 0.29) is 5.56 Å². The fourth-order valence-corrected chi connectivity index (χ4v) is 4.04. The molecule has 0 aromatic heterocycles. The summed E-state index contributed by atoms with van der Waals surface area (Å²) in [5.41, 5.74) is 4.79. The van der Waals surface area contributed by atoms with Gasteiger partial charge in [0.25, 0.3) is 11.4 Å². The van der Waals surface area contributed by atoms with Crippen molar-refractivity contribution in [3.05, 3.63) is 44.0 Å². The minimum absolute atomic E-state index is 0.137. The molecule has 0 amide bonds. The molecule has 0 heterocycles. The Bertz CT molecular complexity index is 715. The maximum atomic E-state index is 11.3. The zero-order valence-corrected chi connectivity index (χ0v) is 19.9. The summed E-state index contributed by atoms with van der Waals surface area (Å²) < 4.78 is 0. The highest BCUT2D eigenvalue weighted by atomic mass is 16.6. The zero-order valence-electron chi connectivity index (χ0n) is 19.9. The van der Waals surface area contributed by atoms with Gasteiger partial charge in [-0.05, 0) is 12.5 Å². The van der Waals surface area contributed by atoms with E-state index in [2.05, 4.69) is 6.92 Å². The number of non-ortho nitro benzene ring substituents is 1. The van der Waals surface area contributed by atoms with Gasteiger partial charge in [-0.25, -0.2) is 0 Å². The highest BCUT2D eigenvalue weighted by Crippen LogP contribution is 2.31. The number of rotatable bonds is 19. The van der Waals surface area contributed by atoms with Crippen LogP contribution in [0.25, 0.3) is 0 Å². The molecule has 0 aliphatic rings. The fourth-order valence-electron chi connectivity index (χ4n) is 4.04. The van der Waals surface area contributed by atoms with E-state index in [4.69, 9.17) is 5.73 Å². The minimum atomic E-state index is -1.50. The fraction of sp³-hybridized carbons (Fsp3) is 0.750. The standard InChI is InChI=1S/C24H41N3O6/c1-2-3-4-5-6-7-8-9-10-11-12-13-14-15-22(28)23(25)24(29)20-17-16-19(26(30)31)18-21(20)27(32)33/h16-18,22-24,28-29H,2-15,25H2,1H3/t22-,23+,24?/m1/s1. The molecular formula is C24H41N3O6. The van der Waals surface area contributed by atoms with Crippen molar-refractivity contribution in [2.24, 2.45) is 5.73 Å². The summed E-state index contributed by atoms with van der Waals surface area (Å²) in [6, 6.07) is 1.88. The monoisotopic (exact) mass is 467 g/mol. The van der Waals surface area contributed by atoms with Crippen LogP contribution in [0.1, 0.15) is 108 Å². The van der Waals surface area contributed by atoms with Crippen molar-refractivity contribution < 1.29 is 20.1 Å². The first-order valence-electron chi connectivity index (χ1n) is 12.3. The number of unbranched alkanes of at least 4 members (excludes halogenated alkanes) is 12. The molecule has 0 saturated heterocycles. The molecule has 3 atom stereocenters. The van der Waals surface area contributed by atoms with Gasteiger partial charge in [0.05, 0.1) is 33.6 Å². The van der Waals surface area contributed by atoms with Crippen molar-refractivity contribution in [2.75, 3.05) is 0 Å². The van der Waals surface area contributed by atoms with Crippen molar-refractivity contribution in [2.45, 2.75) is 115 Å². The largest absolute Gasteiger partial charge is 0.391 e. The van der Waals surface area contributed by atoms with Crippen molar-refractivity contribution in [3.8, 4) is 0 Å². The molecule has 9 heteroatoms. The molecule has 1 rings (SSSR count). The van der Waals surface area contributed by atoms with Gasteiger partial charge in [-0.2, -0.15) is 0 Å². The van der Waals surface area contributed by atoms with Crippen LogP contribution in [-0.2, 0) is 0 Å². The number of nitrogens with zero attached hydrogens (tertiary/aromatic N) is 2. The van der Waals surface area contributed by atoms with Gasteiger partial charge in [0.1, 0.15) is 6.10 Å². The molecule has 0 radical (unpaired) electrons. The summed E-state index contributed by atoms with van der Waals surface area (Å²) in [5.74, 6) is 0. The quantitative estimate of drug-likeness (QED) is 0.134. The Morgan fingerprint density at radius 2 is 1.30 bits per heavy atom.